The summed E-state index contributed by atoms with van der Waals surface area (Å²) in [6, 6.07) is 13.7. The van der Waals surface area contributed by atoms with E-state index in [1.165, 1.54) is 6.26 Å². The second-order valence-electron chi connectivity index (χ2n) is 13.2. The number of benzene rings is 1. The number of aromatic nitrogens is 4. The maximum absolute atomic E-state index is 13.4. The summed E-state index contributed by atoms with van der Waals surface area (Å²) < 4.78 is 11.8. The average Bonchev–Trinajstić information content (AvgIpc) is 3.89. The molecule has 3 aliphatic rings. The van der Waals surface area contributed by atoms with Crippen molar-refractivity contribution in [3.8, 4) is 11.5 Å². The van der Waals surface area contributed by atoms with E-state index in [9.17, 15) is 19.5 Å². The Bertz CT molecular complexity index is 2120. The molecule has 7 heterocycles. The first-order chi connectivity index (χ1) is 24.8. The highest BCUT2D eigenvalue weighted by molar-refractivity contribution is 6.05. The number of anilines is 3. The Labute approximate surface area is 292 Å². The molecule has 8 rings (SSSR count). The van der Waals surface area contributed by atoms with Crippen LogP contribution < -0.4 is 20.4 Å². The standard InChI is InChI=1S/C36H37N9O6/c1-21-16-22(8-10-37-21)35-39-28(20-50-35)34(49)38-27-17-29-31(41-32(27)45-11-9-24(46)19-45)42-36(51-29)44-14-12-43(13-15-44)18-23-4-2-3-5-25(23)26-6-7-30(47)40-33(26)48/h2-5,8,10,16-17,20,24,26,46H,6-7,9,11-15,18-19H2,1H3,(H,38,49)(H,40,47,48)/t24-,26?/m1/s1. The van der Waals surface area contributed by atoms with Gasteiger partial charge in [0.05, 0.1) is 17.7 Å². The van der Waals surface area contributed by atoms with Crippen LogP contribution in [0.2, 0.25) is 0 Å². The minimum absolute atomic E-state index is 0.0998. The van der Waals surface area contributed by atoms with E-state index in [-0.39, 0.29) is 23.4 Å². The summed E-state index contributed by atoms with van der Waals surface area (Å²) in [5.41, 5.74) is 4.88. The number of aryl methyl sites for hydroxylation is 1. The number of β-amino-alcohol motifs (C(OH)–C–C–N with tert-alkyl or cyclic N) is 1. The third kappa shape index (κ3) is 6.77. The van der Waals surface area contributed by atoms with Crippen LogP contribution in [0.1, 0.15) is 52.5 Å². The Balaban J connectivity index is 0.982. The largest absolute Gasteiger partial charge is 0.444 e. The summed E-state index contributed by atoms with van der Waals surface area (Å²) in [4.78, 5) is 62.2. The topological polar surface area (TPSA) is 183 Å². The van der Waals surface area contributed by atoms with Crippen molar-refractivity contribution in [3.63, 3.8) is 0 Å². The van der Waals surface area contributed by atoms with Crippen LogP contribution in [0, 0.1) is 6.92 Å². The molecule has 262 valence electrons. The summed E-state index contributed by atoms with van der Waals surface area (Å²) >= 11 is 0. The summed E-state index contributed by atoms with van der Waals surface area (Å²) in [5.74, 6) is -0.471. The van der Waals surface area contributed by atoms with E-state index in [0.717, 1.165) is 29.9 Å². The molecule has 0 saturated carbocycles. The van der Waals surface area contributed by atoms with Gasteiger partial charge in [0.15, 0.2) is 17.1 Å². The Morgan fingerprint density at radius 2 is 1.86 bits per heavy atom. The molecule has 2 atom stereocenters. The molecule has 0 radical (unpaired) electrons. The normalized spacial score (nSPS) is 19.9. The lowest BCUT2D eigenvalue weighted by Gasteiger charge is -2.34. The fraction of sp³-hybridized carbons (Fsp3) is 0.361. The van der Waals surface area contributed by atoms with Crippen LogP contribution >= 0.6 is 0 Å². The minimum atomic E-state index is -0.506. The smallest absolute Gasteiger partial charge is 0.300 e. The Hall–Kier alpha value is -5.67. The van der Waals surface area contributed by atoms with Crippen molar-refractivity contribution in [3.05, 3.63) is 77.4 Å². The van der Waals surface area contributed by atoms with Crippen LogP contribution in [0.15, 0.2) is 63.8 Å². The fourth-order valence-electron chi connectivity index (χ4n) is 6.97. The number of hydrogen-bond acceptors (Lipinski definition) is 13. The van der Waals surface area contributed by atoms with Gasteiger partial charge in [0.25, 0.3) is 11.9 Å². The highest BCUT2D eigenvalue weighted by Gasteiger charge is 2.31. The minimum Gasteiger partial charge on any atom is -0.444 e. The molecule has 15 nitrogen and oxygen atoms in total. The molecule has 51 heavy (non-hydrogen) atoms. The van der Waals surface area contributed by atoms with E-state index in [1.54, 1.807) is 18.3 Å². The number of oxazole rings is 2. The highest BCUT2D eigenvalue weighted by atomic mass is 16.4. The zero-order valence-electron chi connectivity index (χ0n) is 28.0. The number of hydrogen-bond donors (Lipinski definition) is 3. The van der Waals surface area contributed by atoms with Gasteiger partial charge in [0.2, 0.25) is 23.4 Å². The molecule has 3 amide bonds. The number of nitrogens with one attached hydrogen (secondary N) is 2. The number of pyridine rings is 2. The summed E-state index contributed by atoms with van der Waals surface area (Å²) in [7, 11) is 0. The molecular weight excluding hydrogens is 654 g/mol. The number of nitrogens with zero attached hydrogens (tertiary/aromatic N) is 7. The number of fused-ring (bicyclic) bond motifs is 1. The first kappa shape index (κ1) is 32.5. The molecular formula is C36H37N9O6. The predicted octanol–water partition coefficient (Wildman–Crippen LogP) is 3.25. The molecule has 3 fully saturated rings. The van der Waals surface area contributed by atoms with Crippen LogP contribution in [-0.2, 0) is 16.1 Å². The van der Waals surface area contributed by atoms with Crippen molar-refractivity contribution in [2.24, 2.45) is 0 Å². The zero-order valence-corrected chi connectivity index (χ0v) is 28.0. The van der Waals surface area contributed by atoms with Crippen LogP contribution in [0.5, 0.6) is 0 Å². The summed E-state index contributed by atoms with van der Waals surface area (Å²) in [6.45, 7) is 6.29. The quantitative estimate of drug-likeness (QED) is 0.202. The maximum atomic E-state index is 13.4. The maximum Gasteiger partial charge on any atom is 0.300 e. The third-order valence-corrected chi connectivity index (χ3v) is 9.65. The van der Waals surface area contributed by atoms with Gasteiger partial charge in [0.1, 0.15) is 6.26 Å². The number of aliphatic hydroxyl groups excluding tert-OH is 1. The van der Waals surface area contributed by atoms with Crippen LogP contribution in [0.3, 0.4) is 0 Å². The number of imide groups is 1. The van der Waals surface area contributed by atoms with E-state index in [1.807, 2.05) is 36.1 Å². The first-order valence-electron chi connectivity index (χ1n) is 17.1. The van der Waals surface area contributed by atoms with Gasteiger partial charge >= 0.3 is 0 Å². The van der Waals surface area contributed by atoms with Gasteiger partial charge in [0, 0.05) is 75.8 Å². The Kier molecular flexibility index (Phi) is 8.65. The number of piperazine rings is 1. The van der Waals surface area contributed by atoms with Crippen molar-refractivity contribution in [2.75, 3.05) is 54.4 Å². The van der Waals surface area contributed by atoms with Crippen LogP contribution in [-0.4, -0.2) is 93.0 Å². The summed E-state index contributed by atoms with van der Waals surface area (Å²) in [5, 5.41) is 15.7. The fourth-order valence-corrected chi connectivity index (χ4v) is 6.97. The summed E-state index contributed by atoms with van der Waals surface area (Å²) in [6.07, 6.45) is 3.90. The molecule has 1 aromatic carbocycles. The molecule has 4 aromatic heterocycles. The molecule has 3 saturated heterocycles. The average molecular weight is 692 g/mol. The molecule has 3 aliphatic heterocycles. The second kappa shape index (κ2) is 13.6. The van der Waals surface area contributed by atoms with Gasteiger partial charge in [-0.25, -0.2) is 9.97 Å². The Morgan fingerprint density at radius 3 is 2.65 bits per heavy atom. The molecule has 1 unspecified atom stereocenters. The van der Waals surface area contributed by atoms with Crippen LogP contribution in [0.4, 0.5) is 17.5 Å². The molecule has 0 bridgehead atoms. The lowest BCUT2D eigenvalue weighted by Crippen LogP contribution is -2.46. The van der Waals surface area contributed by atoms with E-state index >= 15 is 0 Å². The van der Waals surface area contributed by atoms with Crippen molar-refractivity contribution in [1.82, 2.24) is 30.2 Å². The van der Waals surface area contributed by atoms with Crippen molar-refractivity contribution < 1.29 is 28.3 Å². The van der Waals surface area contributed by atoms with Crippen molar-refractivity contribution in [1.29, 1.82) is 0 Å². The number of amides is 3. The molecule has 0 aliphatic carbocycles. The predicted molar refractivity (Wildman–Crippen MR) is 186 cm³/mol. The molecule has 0 spiro atoms. The molecule has 3 N–H and O–H groups in total. The van der Waals surface area contributed by atoms with Gasteiger partial charge in [-0.15, -0.1) is 0 Å². The van der Waals surface area contributed by atoms with Gasteiger partial charge in [-0.05, 0) is 43.0 Å². The van der Waals surface area contributed by atoms with Gasteiger partial charge in [-0.2, -0.15) is 4.98 Å². The van der Waals surface area contributed by atoms with E-state index in [0.29, 0.717) is 92.2 Å². The van der Waals surface area contributed by atoms with E-state index in [4.69, 9.17) is 18.8 Å². The first-order valence-corrected chi connectivity index (χ1v) is 17.1. The Morgan fingerprint density at radius 1 is 1.02 bits per heavy atom. The zero-order chi connectivity index (χ0) is 35.1. The van der Waals surface area contributed by atoms with Gasteiger partial charge < -0.3 is 29.1 Å². The van der Waals surface area contributed by atoms with Gasteiger partial charge in [-0.1, -0.05) is 24.3 Å². The number of rotatable bonds is 8. The van der Waals surface area contributed by atoms with E-state index in [2.05, 4.69) is 36.5 Å². The molecule has 5 aromatic rings. The highest BCUT2D eigenvalue weighted by Crippen LogP contribution is 2.34. The van der Waals surface area contributed by atoms with Crippen LogP contribution in [0.25, 0.3) is 22.7 Å². The lowest BCUT2D eigenvalue weighted by atomic mass is 9.87. The number of carbonyl (C=O) groups is 3. The van der Waals surface area contributed by atoms with Crippen molar-refractivity contribution >= 4 is 46.5 Å². The van der Waals surface area contributed by atoms with Gasteiger partial charge in [-0.3, -0.25) is 29.6 Å². The number of carbonyl (C=O) groups excluding carboxylic acids is 3. The SMILES string of the molecule is Cc1cc(-c2nc(C(=O)Nc3cc4oc(N5CCN(Cc6ccccc6C6CCC(=O)NC6=O)CC5)nc4nc3N3CC[C@@H](O)C3)co2)ccn1. The molecule has 15 heteroatoms. The lowest BCUT2D eigenvalue weighted by molar-refractivity contribution is -0.134. The second-order valence-corrected chi connectivity index (χ2v) is 13.2. The monoisotopic (exact) mass is 691 g/mol. The third-order valence-electron chi connectivity index (χ3n) is 9.65. The number of aliphatic hydroxyl groups is 1. The number of piperidine rings is 1. The van der Waals surface area contributed by atoms with Crippen molar-refractivity contribution in [2.45, 2.75) is 44.8 Å². The van der Waals surface area contributed by atoms with E-state index < -0.39 is 12.0 Å².